The normalized spacial score (nSPS) is 25.9. The number of ether oxygens (including phenoxy) is 1. The number of amides is 1. The van der Waals surface area contributed by atoms with E-state index in [-0.39, 0.29) is 30.5 Å². The zero-order valence-electron chi connectivity index (χ0n) is 12.6. The second-order valence-electron chi connectivity index (χ2n) is 5.98. The van der Waals surface area contributed by atoms with Gasteiger partial charge in [0.15, 0.2) is 0 Å². The molecular weight excluding hydrogens is 276 g/mol. The summed E-state index contributed by atoms with van der Waals surface area (Å²) in [6.07, 6.45) is 8.87. The lowest BCUT2D eigenvalue weighted by atomic mass is 9.97. The molecular formula is C15H29ClN2O2. The Morgan fingerprint density at radius 2 is 1.95 bits per heavy atom. The summed E-state index contributed by atoms with van der Waals surface area (Å²) in [6.45, 7) is 3.58. The molecule has 1 aliphatic heterocycles. The number of hydrogen-bond acceptors (Lipinski definition) is 3. The Balaban J connectivity index is 0.00000200. The maximum absolute atomic E-state index is 12.5. The maximum atomic E-state index is 12.5. The van der Waals surface area contributed by atoms with Crippen molar-refractivity contribution in [3.63, 3.8) is 0 Å². The van der Waals surface area contributed by atoms with Crippen molar-refractivity contribution in [3.05, 3.63) is 0 Å². The quantitative estimate of drug-likeness (QED) is 0.868. The van der Waals surface area contributed by atoms with Gasteiger partial charge in [-0.25, -0.2) is 0 Å². The van der Waals surface area contributed by atoms with Gasteiger partial charge in [-0.05, 0) is 32.1 Å². The lowest BCUT2D eigenvalue weighted by molar-refractivity contribution is -0.150. The molecule has 1 amide bonds. The molecule has 20 heavy (non-hydrogen) atoms. The van der Waals surface area contributed by atoms with Crippen LogP contribution in [0.1, 0.15) is 58.3 Å². The van der Waals surface area contributed by atoms with E-state index in [4.69, 9.17) is 10.5 Å². The fourth-order valence-electron chi connectivity index (χ4n) is 3.18. The van der Waals surface area contributed by atoms with Crippen LogP contribution in [-0.4, -0.2) is 42.1 Å². The Labute approximate surface area is 128 Å². The van der Waals surface area contributed by atoms with E-state index < -0.39 is 0 Å². The van der Waals surface area contributed by atoms with Crippen molar-refractivity contribution in [2.24, 2.45) is 5.73 Å². The van der Waals surface area contributed by atoms with Crippen LogP contribution in [0, 0.1) is 0 Å². The van der Waals surface area contributed by atoms with Crippen LogP contribution in [0.5, 0.6) is 0 Å². The molecule has 2 aliphatic rings. The average molecular weight is 305 g/mol. The second kappa shape index (κ2) is 8.85. The van der Waals surface area contributed by atoms with E-state index in [0.29, 0.717) is 12.6 Å². The first-order valence-corrected chi connectivity index (χ1v) is 7.90. The SMILES string of the molecule is CCC(OC1CCCCC1)C(=O)N1CCCC(N)C1.Cl. The van der Waals surface area contributed by atoms with Gasteiger partial charge in [0.2, 0.25) is 0 Å². The van der Waals surface area contributed by atoms with Gasteiger partial charge in [0.05, 0.1) is 6.10 Å². The van der Waals surface area contributed by atoms with E-state index in [1.807, 2.05) is 11.8 Å². The molecule has 5 heteroatoms. The minimum Gasteiger partial charge on any atom is -0.365 e. The Morgan fingerprint density at radius 3 is 2.55 bits per heavy atom. The van der Waals surface area contributed by atoms with Gasteiger partial charge in [0.25, 0.3) is 5.91 Å². The average Bonchev–Trinajstić information content (AvgIpc) is 2.45. The molecule has 4 nitrogen and oxygen atoms in total. The molecule has 1 heterocycles. The standard InChI is InChI=1S/C15H28N2O2.ClH/c1-2-14(19-13-8-4-3-5-9-13)15(18)17-10-6-7-12(16)11-17;/h12-14H,2-11,16H2,1H3;1H. The number of carbonyl (C=O) groups excluding carboxylic acids is 1. The summed E-state index contributed by atoms with van der Waals surface area (Å²) in [7, 11) is 0. The molecule has 0 aromatic carbocycles. The summed E-state index contributed by atoms with van der Waals surface area (Å²) >= 11 is 0. The first-order chi connectivity index (χ1) is 9.20. The zero-order chi connectivity index (χ0) is 13.7. The van der Waals surface area contributed by atoms with E-state index in [1.165, 1.54) is 19.3 Å². The van der Waals surface area contributed by atoms with Gasteiger partial charge in [0.1, 0.15) is 6.10 Å². The number of likely N-dealkylation sites (tertiary alicyclic amines) is 1. The van der Waals surface area contributed by atoms with Gasteiger partial charge in [-0.15, -0.1) is 12.4 Å². The number of halogens is 1. The highest BCUT2D eigenvalue weighted by atomic mass is 35.5. The summed E-state index contributed by atoms with van der Waals surface area (Å²) in [4.78, 5) is 14.4. The van der Waals surface area contributed by atoms with Gasteiger partial charge in [0, 0.05) is 19.1 Å². The molecule has 1 saturated heterocycles. The number of rotatable bonds is 4. The Morgan fingerprint density at radius 1 is 1.25 bits per heavy atom. The highest BCUT2D eigenvalue weighted by Crippen LogP contribution is 2.23. The summed E-state index contributed by atoms with van der Waals surface area (Å²) in [5.41, 5.74) is 5.95. The van der Waals surface area contributed by atoms with Crippen LogP contribution in [0.25, 0.3) is 0 Å². The molecule has 2 N–H and O–H groups in total. The smallest absolute Gasteiger partial charge is 0.251 e. The maximum Gasteiger partial charge on any atom is 0.251 e. The first-order valence-electron chi connectivity index (χ1n) is 7.90. The van der Waals surface area contributed by atoms with E-state index in [9.17, 15) is 4.79 Å². The molecule has 2 atom stereocenters. The van der Waals surface area contributed by atoms with Crippen LogP contribution in [0.2, 0.25) is 0 Å². The van der Waals surface area contributed by atoms with Crippen molar-refractivity contribution in [1.82, 2.24) is 4.90 Å². The van der Waals surface area contributed by atoms with Crippen LogP contribution in [0.4, 0.5) is 0 Å². The monoisotopic (exact) mass is 304 g/mol. The second-order valence-corrected chi connectivity index (χ2v) is 5.98. The van der Waals surface area contributed by atoms with Crippen molar-refractivity contribution in [2.75, 3.05) is 13.1 Å². The van der Waals surface area contributed by atoms with Crippen molar-refractivity contribution in [3.8, 4) is 0 Å². The van der Waals surface area contributed by atoms with Crippen LogP contribution in [0.3, 0.4) is 0 Å². The molecule has 0 aromatic rings. The zero-order valence-corrected chi connectivity index (χ0v) is 13.4. The molecule has 2 unspecified atom stereocenters. The summed E-state index contributed by atoms with van der Waals surface area (Å²) < 4.78 is 6.06. The van der Waals surface area contributed by atoms with E-state index in [0.717, 1.165) is 38.6 Å². The third kappa shape index (κ3) is 4.90. The van der Waals surface area contributed by atoms with Gasteiger partial charge < -0.3 is 15.4 Å². The van der Waals surface area contributed by atoms with Crippen LogP contribution in [0.15, 0.2) is 0 Å². The molecule has 1 saturated carbocycles. The Hall–Kier alpha value is -0.320. The summed E-state index contributed by atoms with van der Waals surface area (Å²) in [6, 6.07) is 0.143. The molecule has 0 radical (unpaired) electrons. The van der Waals surface area contributed by atoms with Crippen LogP contribution in [-0.2, 0) is 9.53 Å². The molecule has 0 bridgehead atoms. The third-order valence-electron chi connectivity index (χ3n) is 4.32. The van der Waals surface area contributed by atoms with Crippen molar-refractivity contribution in [2.45, 2.75) is 76.5 Å². The lowest BCUT2D eigenvalue weighted by Gasteiger charge is -2.34. The Bertz CT molecular complexity index is 296. The number of piperidine rings is 1. The van der Waals surface area contributed by atoms with E-state index in [2.05, 4.69) is 0 Å². The van der Waals surface area contributed by atoms with Crippen molar-refractivity contribution in [1.29, 1.82) is 0 Å². The molecule has 0 aromatic heterocycles. The highest BCUT2D eigenvalue weighted by molar-refractivity contribution is 5.85. The third-order valence-corrected chi connectivity index (χ3v) is 4.32. The van der Waals surface area contributed by atoms with Gasteiger partial charge in [-0.3, -0.25) is 4.79 Å². The Kier molecular flexibility index (Phi) is 7.85. The van der Waals surface area contributed by atoms with Crippen molar-refractivity contribution < 1.29 is 9.53 Å². The molecule has 2 fully saturated rings. The minimum atomic E-state index is -0.256. The predicted octanol–water partition coefficient (Wildman–Crippen LogP) is 2.49. The van der Waals surface area contributed by atoms with Crippen LogP contribution < -0.4 is 5.73 Å². The van der Waals surface area contributed by atoms with Gasteiger partial charge in [-0.1, -0.05) is 26.2 Å². The number of hydrogen-bond donors (Lipinski definition) is 1. The summed E-state index contributed by atoms with van der Waals surface area (Å²) in [5.74, 6) is 0.156. The lowest BCUT2D eigenvalue weighted by Crippen LogP contribution is -2.50. The van der Waals surface area contributed by atoms with Gasteiger partial charge >= 0.3 is 0 Å². The highest BCUT2D eigenvalue weighted by Gasteiger charge is 2.29. The molecule has 0 spiro atoms. The predicted molar refractivity (Wildman–Crippen MR) is 83.1 cm³/mol. The number of nitrogens with two attached hydrogens (primary N) is 1. The van der Waals surface area contributed by atoms with Crippen LogP contribution >= 0.6 is 12.4 Å². The molecule has 1 aliphatic carbocycles. The summed E-state index contributed by atoms with van der Waals surface area (Å²) in [5, 5.41) is 0. The fraction of sp³-hybridized carbons (Fsp3) is 0.933. The van der Waals surface area contributed by atoms with E-state index >= 15 is 0 Å². The van der Waals surface area contributed by atoms with Gasteiger partial charge in [-0.2, -0.15) is 0 Å². The van der Waals surface area contributed by atoms with E-state index in [1.54, 1.807) is 0 Å². The molecule has 2 rings (SSSR count). The number of nitrogens with zero attached hydrogens (tertiary/aromatic N) is 1. The van der Waals surface area contributed by atoms with Crippen molar-refractivity contribution >= 4 is 18.3 Å². The number of carbonyl (C=O) groups is 1. The first kappa shape index (κ1) is 17.7. The fourth-order valence-corrected chi connectivity index (χ4v) is 3.18. The minimum absolute atomic E-state index is 0. The molecule has 118 valence electrons. The largest absolute Gasteiger partial charge is 0.365 e. The topological polar surface area (TPSA) is 55.6 Å².